The summed E-state index contributed by atoms with van der Waals surface area (Å²) in [6.45, 7) is 3.02. The molecule has 4 aromatic rings. The largest absolute Gasteiger partial charge is 0.496 e. The number of ether oxygens (including phenoxy) is 2. The Morgan fingerprint density at radius 1 is 1.19 bits per heavy atom. The molecule has 2 aromatic carbocycles. The molecule has 8 nitrogen and oxygen atoms in total. The zero-order valence-corrected chi connectivity index (χ0v) is 19.8. The van der Waals surface area contributed by atoms with Crippen LogP contribution in [0, 0.1) is 5.82 Å². The average Bonchev–Trinajstić information content (AvgIpc) is 2.88. The van der Waals surface area contributed by atoms with Crippen molar-refractivity contribution in [1.82, 2.24) is 10.3 Å². The van der Waals surface area contributed by atoms with Crippen LogP contribution in [-0.2, 0) is 4.74 Å². The molecule has 0 saturated carbocycles. The summed E-state index contributed by atoms with van der Waals surface area (Å²) >= 11 is 0. The summed E-state index contributed by atoms with van der Waals surface area (Å²) in [5.41, 5.74) is 2.32. The minimum Gasteiger partial charge on any atom is -0.496 e. The molecular weight excluding hydrogens is 465 g/mol. The van der Waals surface area contributed by atoms with Gasteiger partial charge in [0.15, 0.2) is 5.78 Å². The lowest BCUT2D eigenvalue weighted by atomic mass is 9.96. The number of methoxy groups -OCH3 is 1. The van der Waals surface area contributed by atoms with Gasteiger partial charge in [-0.25, -0.2) is 14.2 Å². The van der Waals surface area contributed by atoms with Gasteiger partial charge in [0.1, 0.15) is 28.5 Å². The van der Waals surface area contributed by atoms with Crippen molar-refractivity contribution in [2.24, 2.45) is 0 Å². The zero-order chi connectivity index (χ0) is 25.2. The summed E-state index contributed by atoms with van der Waals surface area (Å²) in [5.74, 6) is 0.186. The van der Waals surface area contributed by atoms with E-state index in [0.29, 0.717) is 53.5 Å². The maximum Gasteiger partial charge on any atom is 0.347 e. The SMILES string of the molecule is COc1cc(F)ccc1-c1ccnc(Nc2ccc3c(C4CNCCO4)c(C(C)=O)c(=O)oc3c2)c1. The second kappa shape index (κ2) is 9.88. The summed E-state index contributed by atoms with van der Waals surface area (Å²) < 4.78 is 30.4. The summed E-state index contributed by atoms with van der Waals surface area (Å²) in [7, 11) is 1.49. The monoisotopic (exact) mass is 489 g/mol. The molecule has 0 radical (unpaired) electrons. The van der Waals surface area contributed by atoms with Gasteiger partial charge in [0.05, 0.1) is 19.8 Å². The van der Waals surface area contributed by atoms with E-state index < -0.39 is 11.7 Å². The molecule has 5 rings (SSSR count). The van der Waals surface area contributed by atoms with Crippen LogP contribution < -0.4 is 21.0 Å². The lowest BCUT2D eigenvalue weighted by molar-refractivity contribution is 0.0277. The first-order chi connectivity index (χ1) is 17.4. The maximum atomic E-state index is 13.6. The van der Waals surface area contributed by atoms with E-state index in [2.05, 4.69) is 15.6 Å². The van der Waals surface area contributed by atoms with E-state index in [-0.39, 0.29) is 17.2 Å². The van der Waals surface area contributed by atoms with E-state index in [9.17, 15) is 14.0 Å². The Morgan fingerprint density at radius 3 is 2.81 bits per heavy atom. The number of hydrogen-bond acceptors (Lipinski definition) is 8. The molecular formula is C27H24FN3O5. The van der Waals surface area contributed by atoms with Gasteiger partial charge >= 0.3 is 5.63 Å². The van der Waals surface area contributed by atoms with Gasteiger partial charge in [-0.05, 0) is 48.9 Å². The first-order valence-corrected chi connectivity index (χ1v) is 11.5. The summed E-state index contributed by atoms with van der Waals surface area (Å²) in [4.78, 5) is 29.4. The van der Waals surface area contributed by atoms with Crippen molar-refractivity contribution in [3.05, 3.63) is 82.1 Å². The normalized spacial score (nSPS) is 15.6. The van der Waals surface area contributed by atoms with Crippen molar-refractivity contribution >= 4 is 28.3 Å². The van der Waals surface area contributed by atoms with Gasteiger partial charge in [-0.2, -0.15) is 0 Å². The highest BCUT2D eigenvalue weighted by atomic mass is 19.1. The van der Waals surface area contributed by atoms with Crippen LogP contribution in [0.15, 0.2) is 63.9 Å². The smallest absolute Gasteiger partial charge is 0.347 e. The Balaban J connectivity index is 1.52. The third-order valence-corrected chi connectivity index (χ3v) is 6.06. The molecule has 1 fully saturated rings. The van der Waals surface area contributed by atoms with Gasteiger partial charge in [-0.3, -0.25) is 4.79 Å². The quantitative estimate of drug-likeness (QED) is 0.299. The number of pyridine rings is 1. The number of carbonyl (C=O) groups excluding carboxylic acids is 1. The molecule has 1 saturated heterocycles. The van der Waals surface area contributed by atoms with Crippen LogP contribution in [0.4, 0.5) is 15.9 Å². The van der Waals surface area contributed by atoms with Crippen molar-refractivity contribution in [1.29, 1.82) is 0 Å². The van der Waals surface area contributed by atoms with Gasteiger partial charge in [0.2, 0.25) is 0 Å². The van der Waals surface area contributed by atoms with E-state index >= 15 is 0 Å². The van der Waals surface area contributed by atoms with Crippen LogP contribution in [0.5, 0.6) is 5.75 Å². The Bertz CT molecular complexity index is 1510. The van der Waals surface area contributed by atoms with E-state index in [4.69, 9.17) is 13.9 Å². The van der Waals surface area contributed by atoms with E-state index in [1.165, 1.54) is 26.2 Å². The van der Waals surface area contributed by atoms with Gasteiger partial charge < -0.3 is 24.5 Å². The first-order valence-electron chi connectivity index (χ1n) is 11.5. The fourth-order valence-electron chi connectivity index (χ4n) is 4.44. The molecule has 1 atom stereocenters. The van der Waals surface area contributed by atoms with Gasteiger partial charge in [-0.1, -0.05) is 0 Å². The van der Waals surface area contributed by atoms with Gasteiger partial charge in [0.25, 0.3) is 0 Å². The molecule has 0 spiro atoms. The number of halogens is 1. The molecule has 36 heavy (non-hydrogen) atoms. The summed E-state index contributed by atoms with van der Waals surface area (Å²) in [6, 6.07) is 13.3. The number of carbonyl (C=O) groups is 1. The van der Waals surface area contributed by atoms with Crippen molar-refractivity contribution in [2.45, 2.75) is 13.0 Å². The summed E-state index contributed by atoms with van der Waals surface area (Å²) in [6.07, 6.45) is 1.19. The average molecular weight is 490 g/mol. The number of rotatable bonds is 6. The molecule has 1 aliphatic rings. The number of Topliss-reactive ketones (excluding diaryl/α,β-unsaturated/α-hetero) is 1. The topological polar surface area (TPSA) is 103 Å². The number of benzene rings is 2. The molecule has 0 aliphatic carbocycles. The molecule has 1 aliphatic heterocycles. The van der Waals surface area contributed by atoms with Crippen LogP contribution in [0.2, 0.25) is 0 Å². The Kier molecular flexibility index (Phi) is 6.49. The number of nitrogens with zero attached hydrogens (tertiary/aromatic N) is 1. The van der Waals surface area contributed by atoms with Crippen LogP contribution in [0.3, 0.4) is 0 Å². The zero-order valence-electron chi connectivity index (χ0n) is 19.8. The first kappa shape index (κ1) is 23.7. The number of fused-ring (bicyclic) bond motifs is 1. The fourth-order valence-corrected chi connectivity index (χ4v) is 4.44. The highest BCUT2D eigenvalue weighted by Crippen LogP contribution is 2.34. The number of aromatic nitrogens is 1. The van der Waals surface area contributed by atoms with Crippen molar-refractivity contribution < 1.29 is 23.1 Å². The second-order valence-electron chi connectivity index (χ2n) is 8.41. The standard InChI is InChI=1S/C27H24FN3O5/c1-15(32)25-26(23-14-29-9-10-35-23)20-6-4-18(13-22(20)36-27(25)33)31-24-11-16(7-8-30-24)19-5-3-17(28)12-21(19)34-2/h3-8,11-13,23,29H,9-10,14H2,1-2H3,(H,30,31). The predicted octanol–water partition coefficient (Wildman–Crippen LogP) is 4.61. The number of hydrogen-bond donors (Lipinski definition) is 2. The molecule has 9 heteroatoms. The molecule has 184 valence electrons. The Hall–Kier alpha value is -4.08. The minimum absolute atomic E-state index is 0.0134. The van der Waals surface area contributed by atoms with Crippen molar-refractivity contribution in [3.8, 4) is 16.9 Å². The minimum atomic E-state index is -0.695. The van der Waals surface area contributed by atoms with E-state index in [1.54, 1.807) is 30.5 Å². The Morgan fingerprint density at radius 2 is 2.06 bits per heavy atom. The Labute approximate surface area is 206 Å². The molecule has 2 aromatic heterocycles. The number of nitrogens with one attached hydrogen (secondary N) is 2. The molecule has 0 amide bonds. The van der Waals surface area contributed by atoms with Crippen LogP contribution in [0.25, 0.3) is 22.1 Å². The maximum absolute atomic E-state index is 13.6. The third-order valence-electron chi connectivity index (χ3n) is 6.06. The van der Waals surface area contributed by atoms with E-state index in [1.807, 2.05) is 12.1 Å². The lowest BCUT2D eigenvalue weighted by Gasteiger charge is -2.26. The second-order valence-corrected chi connectivity index (χ2v) is 8.41. The molecule has 3 heterocycles. The lowest BCUT2D eigenvalue weighted by Crippen LogP contribution is -2.35. The third kappa shape index (κ3) is 4.58. The highest BCUT2D eigenvalue weighted by molar-refractivity contribution is 6.00. The van der Waals surface area contributed by atoms with Gasteiger partial charge in [-0.15, -0.1) is 0 Å². The number of anilines is 2. The van der Waals surface area contributed by atoms with Crippen LogP contribution >= 0.6 is 0 Å². The van der Waals surface area contributed by atoms with Crippen LogP contribution in [-0.4, -0.2) is 37.6 Å². The van der Waals surface area contributed by atoms with Crippen molar-refractivity contribution in [2.75, 3.05) is 32.1 Å². The van der Waals surface area contributed by atoms with Crippen molar-refractivity contribution in [3.63, 3.8) is 0 Å². The predicted molar refractivity (Wildman–Crippen MR) is 134 cm³/mol. The highest BCUT2D eigenvalue weighted by Gasteiger charge is 2.27. The van der Waals surface area contributed by atoms with Crippen LogP contribution in [0.1, 0.15) is 28.9 Å². The number of morpholine rings is 1. The fraction of sp³-hybridized carbons (Fsp3) is 0.222. The number of ketones is 1. The van der Waals surface area contributed by atoms with Gasteiger partial charge in [0, 0.05) is 53.6 Å². The molecule has 1 unspecified atom stereocenters. The molecule has 2 N–H and O–H groups in total. The molecule has 0 bridgehead atoms. The summed E-state index contributed by atoms with van der Waals surface area (Å²) in [5, 5.41) is 7.09. The van der Waals surface area contributed by atoms with E-state index in [0.717, 1.165) is 11.1 Å².